The van der Waals surface area contributed by atoms with Crippen LogP contribution < -0.4 is 10.9 Å². The van der Waals surface area contributed by atoms with Gasteiger partial charge in [-0.1, -0.05) is 0 Å². The number of hydrogen-bond acceptors (Lipinski definition) is 6. The van der Waals surface area contributed by atoms with Crippen molar-refractivity contribution in [2.24, 2.45) is 7.05 Å². The molecular formula is C17H25N5O4. The molecule has 1 N–H and O–H groups in total. The minimum atomic E-state index is -0.225. The van der Waals surface area contributed by atoms with E-state index in [1.54, 1.807) is 29.2 Å². The van der Waals surface area contributed by atoms with Crippen molar-refractivity contribution in [3.05, 3.63) is 22.7 Å². The Morgan fingerprint density at radius 2 is 2.19 bits per heavy atom. The summed E-state index contributed by atoms with van der Waals surface area (Å²) in [6.45, 7) is 2.57. The van der Waals surface area contributed by atoms with E-state index in [0.29, 0.717) is 39.2 Å². The van der Waals surface area contributed by atoms with Gasteiger partial charge in [0, 0.05) is 52.0 Å². The third kappa shape index (κ3) is 4.40. The fourth-order valence-electron chi connectivity index (χ4n) is 3.19. The smallest absolute Gasteiger partial charge is 0.293 e. The maximum atomic E-state index is 12.5. The molecule has 2 fully saturated rings. The van der Waals surface area contributed by atoms with E-state index in [1.165, 1.54) is 4.57 Å². The summed E-state index contributed by atoms with van der Waals surface area (Å²) in [5, 5.41) is 3.00. The molecule has 2 amide bonds. The molecule has 0 saturated carbocycles. The van der Waals surface area contributed by atoms with Gasteiger partial charge in [-0.05, 0) is 12.8 Å². The predicted octanol–water partition coefficient (Wildman–Crippen LogP) is -0.568. The zero-order chi connectivity index (χ0) is 18.5. The number of ether oxygens (including phenoxy) is 1. The van der Waals surface area contributed by atoms with Gasteiger partial charge in [-0.2, -0.15) is 0 Å². The summed E-state index contributed by atoms with van der Waals surface area (Å²) < 4.78 is 7.13. The van der Waals surface area contributed by atoms with Crippen LogP contribution in [0.15, 0.2) is 17.2 Å². The van der Waals surface area contributed by atoms with Crippen molar-refractivity contribution in [3.63, 3.8) is 0 Å². The van der Waals surface area contributed by atoms with E-state index in [1.807, 2.05) is 0 Å². The molecule has 1 atom stereocenters. The van der Waals surface area contributed by atoms with Crippen LogP contribution in [0, 0.1) is 0 Å². The number of likely N-dealkylation sites (tertiary alicyclic amines) is 1. The van der Waals surface area contributed by atoms with Crippen LogP contribution in [0.3, 0.4) is 0 Å². The lowest BCUT2D eigenvalue weighted by Crippen LogP contribution is -2.52. The molecule has 2 aliphatic heterocycles. The minimum absolute atomic E-state index is 0.0534. The molecule has 0 spiro atoms. The number of nitrogens with zero attached hydrogens (tertiary/aromatic N) is 4. The SMILES string of the molecule is Cn1ccnc(NCC2CN(C(=O)CN3CCCCC3=O)CCO2)c1=O. The molecule has 142 valence electrons. The lowest BCUT2D eigenvalue weighted by Gasteiger charge is -2.35. The summed E-state index contributed by atoms with van der Waals surface area (Å²) in [6, 6.07) is 0. The zero-order valence-electron chi connectivity index (χ0n) is 15.0. The molecule has 3 heterocycles. The molecule has 1 aromatic rings. The quantitative estimate of drug-likeness (QED) is 0.753. The van der Waals surface area contributed by atoms with Crippen LogP contribution in [0.25, 0.3) is 0 Å². The fraction of sp³-hybridized carbons (Fsp3) is 0.647. The van der Waals surface area contributed by atoms with Crippen molar-refractivity contribution in [1.29, 1.82) is 0 Å². The van der Waals surface area contributed by atoms with Crippen molar-refractivity contribution in [1.82, 2.24) is 19.4 Å². The summed E-state index contributed by atoms with van der Waals surface area (Å²) in [7, 11) is 1.66. The number of rotatable bonds is 5. The van der Waals surface area contributed by atoms with E-state index in [4.69, 9.17) is 4.74 Å². The average molecular weight is 363 g/mol. The van der Waals surface area contributed by atoms with Crippen molar-refractivity contribution in [2.45, 2.75) is 25.4 Å². The number of anilines is 1. The molecule has 2 saturated heterocycles. The maximum absolute atomic E-state index is 12.5. The first-order chi connectivity index (χ1) is 12.5. The Bertz CT molecular complexity index is 719. The highest BCUT2D eigenvalue weighted by molar-refractivity contribution is 5.85. The highest BCUT2D eigenvalue weighted by atomic mass is 16.5. The van der Waals surface area contributed by atoms with E-state index >= 15 is 0 Å². The number of aryl methyl sites for hydroxylation is 1. The molecule has 2 aliphatic rings. The lowest BCUT2D eigenvalue weighted by molar-refractivity contribution is -0.145. The second-order valence-electron chi connectivity index (χ2n) is 6.68. The van der Waals surface area contributed by atoms with Gasteiger partial charge in [0.2, 0.25) is 11.8 Å². The molecular weight excluding hydrogens is 338 g/mol. The Balaban J connectivity index is 1.52. The van der Waals surface area contributed by atoms with Gasteiger partial charge in [0.05, 0.1) is 19.3 Å². The molecule has 9 nitrogen and oxygen atoms in total. The molecule has 3 rings (SSSR count). The number of morpholine rings is 1. The Labute approximate surface area is 151 Å². The van der Waals surface area contributed by atoms with Gasteiger partial charge in [0.25, 0.3) is 5.56 Å². The van der Waals surface area contributed by atoms with E-state index in [0.717, 1.165) is 12.8 Å². The van der Waals surface area contributed by atoms with Crippen LogP contribution in [-0.4, -0.2) is 76.6 Å². The van der Waals surface area contributed by atoms with Crippen LogP contribution in [0.4, 0.5) is 5.82 Å². The number of aromatic nitrogens is 2. The van der Waals surface area contributed by atoms with Crippen LogP contribution in [0.5, 0.6) is 0 Å². The fourth-order valence-corrected chi connectivity index (χ4v) is 3.19. The Morgan fingerprint density at radius 1 is 1.35 bits per heavy atom. The Hall–Kier alpha value is -2.42. The molecule has 0 bridgehead atoms. The van der Waals surface area contributed by atoms with E-state index in [9.17, 15) is 14.4 Å². The molecule has 1 unspecified atom stereocenters. The van der Waals surface area contributed by atoms with E-state index < -0.39 is 0 Å². The predicted molar refractivity (Wildman–Crippen MR) is 94.7 cm³/mol. The van der Waals surface area contributed by atoms with Crippen molar-refractivity contribution in [2.75, 3.05) is 44.6 Å². The number of hydrogen-bond donors (Lipinski definition) is 1. The van der Waals surface area contributed by atoms with Crippen LogP contribution >= 0.6 is 0 Å². The van der Waals surface area contributed by atoms with Crippen molar-refractivity contribution >= 4 is 17.6 Å². The van der Waals surface area contributed by atoms with E-state index in [-0.39, 0.29) is 35.8 Å². The molecule has 9 heteroatoms. The van der Waals surface area contributed by atoms with Gasteiger partial charge in [0.15, 0.2) is 5.82 Å². The van der Waals surface area contributed by atoms with Gasteiger partial charge in [-0.25, -0.2) is 4.98 Å². The van der Waals surface area contributed by atoms with Gasteiger partial charge >= 0.3 is 0 Å². The summed E-state index contributed by atoms with van der Waals surface area (Å²) in [6.07, 6.45) is 5.30. The van der Waals surface area contributed by atoms with Gasteiger partial charge in [-0.15, -0.1) is 0 Å². The zero-order valence-corrected chi connectivity index (χ0v) is 15.0. The summed E-state index contributed by atoms with van der Waals surface area (Å²) in [5.41, 5.74) is -0.208. The first-order valence-corrected chi connectivity index (χ1v) is 8.97. The molecule has 0 radical (unpaired) electrons. The Morgan fingerprint density at radius 3 is 3.00 bits per heavy atom. The highest BCUT2D eigenvalue weighted by Gasteiger charge is 2.27. The minimum Gasteiger partial charge on any atom is -0.373 e. The van der Waals surface area contributed by atoms with Crippen LogP contribution in [-0.2, 0) is 21.4 Å². The Kier molecular flexibility index (Phi) is 5.87. The number of amides is 2. The first kappa shape index (κ1) is 18.4. The second kappa shape index (κ2) is 8.31. The summed E-state index contributed by atoms with van der Waals surface area (Å²) >= 11 is 0. The standard InChI is InChI=1S/C17H25N5O4/c1-20-7-5-18-16(17(20)25)19-10-13-11-22(8-9-26-13)15(24)12-21-6-3-2-4-14(21)23/h5,7,13H,2-4,6,8-12H2,1H3,(H,18,19). The molecule has 0 aromatic carbocycles. The van der Waals surface area contributed by atoms with Gasteiger partial charge in [0.1, 0.15) is 0 Å². The first-order valence-electron chi connectivity index (χ1n) is 8.97. The van der Waals surface area contributed by atoms with Gasteiger partial charge < -0.3 is 24.4 Å². The maximum Gasteiger partial charge on any atom is 0.293 e. The number of nitrogens with one attached hydrogen (secondary N) is 1. The topological polar surface area (TPSA) is 96.8 Å². The highest BCUT2D eigenvalue weighted by Crippen LogP contribution is 2.12. The second-order valence-corrected chi connectivity index (χ2v) is 6.68. The monoisotopic (exact) mass is 363 g/mol. The largest absolute Gasteiger partial charge is 0.373 e. The summed E-state index contributed by atoms with van der Waals surface area (Å²) in [4.78, 5) is 43.8. The average Bonchev–Trinajstić information content (AvgIpc) is 2.65. The van der Waals surface area contributed by atoms with Crippen LogP contribution in [0.1, 0.15) is 19.3 Å². The summed E-state index contributed by atoms with van der Waals surface area (Å²) in [5.74, 6) is 0.269. The normalized spacial score (nSPS) is 21.0. The van der Waals surface area contributed by atoms with Crippen molar-refractivity contribution < 1.29 is 14.3 Å². The van der Waals surface area contributed by atoms with Crippen molar-refractivity contribution in [3.8, 4) is 0 Å². The van der Waals surface area contributed by atoms with E-state index in [2.05, 4.69) is 10.3 Å². The third-order valence-electron chi connectivity index (χ3n) is 4.75. The molecule has 1 aromatic heterocycles. The molecule has 26 heavy (non-hydrogen) atoms. The number of carbonyl (C=O) groups is 2. The van der Waals surface area contributed by atoms with Gasteiger partial charge in [-0.3, -0.25) is 14.4 Å². The third-order valence-corrected chi connectivity index (χ3v) is 4.75. The lowest BCUT2D eigenvalue weighted by atomic mass is 10.1. The number of piperidine rings is 1. The number of carbonyl (C=O) groups excluding carboxylic acids is 2. The molecule has 0 aliphatic carbocycles. The van der Waals surface area contributed by atoms with Crippen LogP contribution in [0.2, 0.25) is 0 Å².